The smallest absolute Gasteiger partial charge is 0.315 e. The lowest BCUT2D eigenvalue weighted by atomic mass is 10.0. The Morgan fingerprint density at radius 3 is 2.71 bits per heavy atom. The molecule has 114 valence electrons. The van der Waals surface area contributed by atoms with Crippen LogP contribution in [0.1, 0.15) is 30.9 Å². The molecule has 0 radical (unpaired) electrons. The van der Waals surface area contributed by atoms with Crippen molar-refractivity contribution in [2.75, 3.05) is 11.5 Å². The lowest BCUT2D eigenvalue weighted by molar-refractivity contribution is -0.137. The fourth-order valence-electron chi connectivity index (χ4n) is 2.35. The summed E-state index contributed by atoms with van der Waals surface area (Å²) in [4.78, 5) is 23.0. The van der Waals surface area contributed by atoms with Crippen molar-refractivity contribution in [2.24, 2.45) is 0 Å². The molecule has 2 unspecified atom stereocenters. The number of carbonyl (C=O) groups excluding carboxylic acids is 1. The van der Waals surface area contributed by atoms with E-state index >= 15 is 0 Å². The molecule has 1 aromatic rings. The molecular weight excluding hydrogens is 288 g/mol. The Morgan fingerprint density at radius 1 is 1.33 bits per heavy atom. The highest BCUT2D eigenvalue weighted by Gasteiger charge is 2.20. The highest BCUT2D eigenvalue weighted by molar-refractivity contribution is 7.99. The van der Waals surface area contributed by atoms with E-state index in [4.69, 9.17) is 5.11 Å². The largest absolute Gasteiger partial charge is 0.481 e. The molecule has 0 aromatic heterocycles. The number of aliphatic carboxylic acids is 1. The Balaban J connectivity index is 1.94. The number of urea groups is 1. The minimum absolute atomic E-state index is 0.128. The van der Waals surface area contributed by atoms with E-state index in [1.807, 2.05) is 42.1 Å². The van der Waals surface area contributed by atoms with Gasteiger partial charge in [-0.15, -0.1) is 0 Å². The summed E-state index contributed by atoms with van der Waals surface area (Å²) in [7, 11) is 0. The van der Waals surface area contributed by atoms with Crippen molar-refractivity contribution in [3.05, 3.63) is 35.9 Å². The Morgan fingerprint density at radius 2 is 2.10 bits per heavy atom. The summed E-state index contributed by atoms with van der Waals surface area (Å²) in [6.07, 6.45) is 1.96. The molecule has 1 fully saturated rings. The number of carbonyl (C=O) groups is 2. The SMILES string of the molecule is O=C(O)CC(NC(=O)NC1CCCSC1)c1ccccc1. The summed E-state index contributed by atoms with van der Waals surface area (Å²) in [5, 5.41) is 14.7. The van der Waals surface area contributed by atoms with E-state index in [9.17, 15) is 9.59 Å². The first kappa shape index (κ1) is 15.7. The third kappa shape index (κ3) is 5.30. The number of thioether (sulfide) groups is 1. The molecule has 1 aromatic carbocycles. The molecule has 21 heavy (non-hydrogen) atoms. The van der Waals surface area contributed by atoms with Gasteiger partial charge in [-0.2, -0.15) is 11.8 Å². The van der Waals surface area contributed by atoms with Crippen LogP contribution in [0.2, 0.25) is 0 Å². The summed E-state index contributed by atoms with van der Waals surface area (Å²) in [5.41, 5.74) is 0.799. The van der Waals surface area contributed by atoms with E-state index in [0.717, 1.165) is 29.9 Å². The van der Waals surface area contributed by atoms with Gasteiger partial charge in [0.2, 0.25) is 0 Å². The molecule has 0 bridgehead atoms. The zero-order chi connectivity index (χ0) is 15.1. The first-order valence-electron chi connectivity index (χ1n) is 7.06. The molecule has 5 nitrogen and oxygen atoms in total. The highest BCUT2D eigenvalue weighted by Crippen LogP contribution is 2.18. The van der Waals surface area contributed by atoms with Crippen LogP contribution in [0.5, 0.6) is 0 Å². The van der Waals surface area contributed by atoms with Crippen LogP contribution in [-0.2, 0) is 4.79 Å². The van der Waals surface area contributed by atoms with Crippen LogP contribution in [0.4, 0.5) is 4.79 Å². The van der Waals surface area contributed by atoms with Gasteiger partial charge in [0, 0.05) is 11.8 Å². The van der Waals surface area contributed by atoms with E-state index in [2.05, 4.69) is 10.6 Å². The molecule has 1 aliphatic heterocycles. The van der Waals surface area contributed by atoms with E-state index in [1.165, 1.54) is 0 Å². The van der Waals surface area contributed by atoms with Crippen molar-refractivity contribution >= 4 is 23.8 Å². The van der Waals surface area contributed by atoms with Crippen molar-refractivity contribution in [3.63, 3.8) is 0 Å². The maximum absolute atomic E-state index is 12.1. The van der Waals surface area contributed by atoms with Crippen LogP contribution in [0.15, 0.2) is 30.3 Å². The van der Waals surface area contributed by atoms with Crippen molar-refractivity contribution in [2.45, 2.75) is 31.3 Å². The number of carboxylic acids is 1. The molecule has 0 aliphatic carbocycles. The van der Waals surface area contributed by atoms with Gasteiger partial charge in [-0.25, -0.2) is 4.79 Å². The van der Waals surface area contributed by atoms with Gasteiger partial charge in [-0.1, -0.05) is 30.3 Å². The van der Waals surface area contributed by atoms with Crippen LogP contribution < -0.4 is 10.6 Å². The van der Waals surface area contributed by atoms with Crippen LogP contribution >= 0.6 is 11.8 Å². The molecule has 2 amide bonds. The van der Waals surface area contributed by atoms with Crippen LogP contribution in [-0.4, -0.2) is 34.7 Å². The predicted molar refractivity (Wildman–Crippen MR) is 83.5 cm³/mol. The molecule has 1 heterocycles. The van der Waals surface area contributed by atoms with Gasteiger partial charge < -0.3 is 15.7 Å². The molecule has 2 rings (SSSR count). The van der Waals surface area contributed by atoms with Gasteiger partial charge >= 0.3 is 12.0 Å². The third-order valence-corrected chi connectivity index (χ3v) is 4.60. The van der Waals surface area contributed by atoms with Gasteiger partial charge in [0.25, 0.3) is 0 Å². The van der Waals surface area contributed by atoms with Crippen molar-refractivity contribution in [1.82, 2.24) is 10.6 Å². The Hall–Kier alpha value is -1.69. The number of benzene rings is 1. The standard InChI is InChI=1S/C15H20N2O3S/c18-14(19)9-13(11-5-2-1-3-6-11)17-15(20)16-12-7-4-8-21-10-12/h1-3,5-6,12-13H,4,7-10H2,(H,18,19)(H2,16,17,20). The average molecular weight is 308 g/mol. The Kier molecular flexibility index (Phi) is 5.92. The van der Waals surface area contributed by atoms with Crippen molar-refractivity contribution in [1.29, 1.82) is 0 Å². The Labute approximate surface area is 128 Å². The van der Waals surface area contributed by atoms with Gasteiger partial charge in [-0.05, 0) is 24.2 Å². The number of hydrogen-bond acceptors (Lipinski definition) is 3. The first-order chi connectivity index (χ1) is 10.1. The molecule has 1 aliphatic rings. The topological polar surface area (TPSA) is 78.4 Å². The van der Waals surface area contributed by atoms with Crippen molar-refractivity contribution in [3.8, 4) is 0 Å². The van der Waals surface area contributed by atoms with Crippen LogP contribution in [0.3, 0.4) is 0 Å². The van der Waals surface area contributed by atoms with Crippen molar-refractivity contribution < 1.29 is 14.7 Å². The highest BCUT2D eigenvalue weighted by atomic mass is 32.2. The van der Waals surface area contributed by atoms with Gasteiger partial charge in [0.05, 0.1) is 12.5 Å². The van der Waals surface area contributed by atoms with Crippen LogP contribution in [0.25, 0.3) is 0 Å². The Bertz CT molecular complexity index is 475. The number of hydrogen-bond donors (Lipinski definition) is 3. The normalized spacial score (nSPS) is 19.5. The molecule has 1 saturated heterocycles. The monoisotopic (exact) mass is 308 g/mol. The maximum Gasteiger partial charge on any atom is 0.315 e. The quantitative estimate of drug-likeness (QED) is 0.780. The van der Waals surface area contributed by atoms with Gasteiger partial charge in [-0.3, -0.25) is 4.79 Å². The molecule has 0 spiro atoms. The van der Waals surface area contributed by atoms with Gasteiger partial charge in [0.1, 0.15) is 0 Å². The van der Waals surface area contributed by atoms with E-state index < -0.39 is 12.0 Å². The van der Waals surface area contributed by atoms with E-state index in [0.29, 0.717) is 0 Å². The van der Waals surface area contributed by atoms with E-state index in [1.54, 1.807) is 0 Å². The second-order valence-electron chi connectivity index (χ2n) is 5.09. The lowest BCUT2D eigenvalue weighted by Crippen LogP contribution is -2.45. The number of amides is 2. The zero-order valence-corrected chi connectivity index (χ0v) is 12.6. The first-order valence-corrected chi connectivity index (χ1v) is 8.22. The predicted octanol–water partition coefficient (Wildman–Crippen LogP) is 2.40. The molecular formula is C15H20N2O3S. The van der Waals surface area contributed by atoms with E-state index in [-0.39, 0.29) is 18.5 Å². The third-order valence-electron chi connectivity index (χ3n) is 3.38. The fraction of sp³-hybridized carbons (Fsp3) is 0.467. The number of rotatable bonds is 5. The molecule has 0 saturated carbocycles. The lowest BCUT2D eigenvalue weighted by Gasteiger charge is -2.24. The summed E-state index contributed by atoms with van der Waals surface area (Å²) in [5.74, 6) is 1.13. The van der Waals surface area contributed by atoms with Gasteiger partial charge in [0.15, 0.2) is 0 Å². The number of nitrogens with one attached hydrogen (secondary N) is 2. The summed E-state index contributed by atoms with van der Waals surface area (Å²) < 4.78 is 0. The second-order valence-corrected chi connectivity index (χ2v) is 6.24. The maximum atomic E-state index is 12.1. The zero-order valence-electron chi connectivity index (χ0n) is 11.7. The molecule has 6 heteroatoms. The minimum Gasteiger partial charge on any atom is -0.481 e. The average Bonchev–Trinajstić information content (AvgIpc) is 2.48. The second kappa shape index (κ2) is 7.93. The summed E-state index contributed by atoms with van der Waals surface area (Å²) in [6, 6.07) is 8.54. The number of carboxylic acid groups (broad SMARTS) is 1. The fourth-order valence-corrected chi connectivity index (χ4v) is 3.42. The summed E-state index contributed by atoms with van der Waals surface area (Å²) >= 11 is 1.83. The summed E-state index contributed by atoms with van der Waals surface area (Å²) in [6.45, 7) is 0. The minimum atomic E-state index is -0.933. The van der Waals surface area contributed by atoms with Crippen LogP contribution in [0, 0.1) is 0 Å². The molecule has 2 atom stereocenters. The molecule has 3 N–H and O–H groups in total.